The molecular weight excluding hydrogens is 200 g/mol. The van der Waals surface area contributed by atoms with E-state index in [1.165, 1.54) is 32.1 Å². The summed E-state index contributed by atoms with van der Waals surface area (Å²) in [7, 11) is 0. The molecule has 3 nitrogen and oxygen atoms in total. The average Bonchev–Trinajstić information content (AvgIpc) is 2.54. The summed E-state index contributed by atoms with van der Waals surface area (Å²) in [6, 6.07) is 0. The maximum atomic E-state index is 11.6. The minimum atomic E-state index is -0.545. The molecule has 1 heterocycles. The summed E-state index contributed by atoms with van der Waals surface area (Å²) in [6.07, 6.45) is 6.24. The molecule has 0 unspecified atom stereocenters. The minimum Gasteiger partial charge on any atom is -0.312 e. The van der Waals surface area contributed by atoms with Gasteiger partial charge in [0.05, 0.1) is 0 Å². The molecule has 0 aromatic rings. The fourth-order valence-electron chi connectivity index (χ4n) is 2.69. The number of aliphatic imine (C=N–C) groups is 1. The van der Waals surface area contributed by atoms with Crippen molar-refractivity contribution in [2.45, 2.75) is 58.4 Å². The van der Waals surface area contributed by atoms with Gasteiger partial charge in [0.1, 0.15) is 11.4 Å². The van der Waals surface area contributed by atoms with Crippen molar-refractivity contribution in [3.63, 3.8) is 0 Å². The molecule has 16 heavy (non-hydrogen) atoms. The second kappa shape index (κ2) is 4.19. The summed E-state index contributed by atoms with van der Waals surface area (Å²) in [5, 5.41) is 2.96. The molecule has 1 aliphatic carbocycles. The maximum Gasteiger partial charge on any atom is 0.252 e. The van der Waals surface area contributed by atoms with Crippen LogP contribution in [0.15, 0.2) is 4.99 Å². The molecule has 0 spiro atoms. The van der Waals surface area contributed by atoms with E-state index in [1.54, 1.807) is 0 Å². The van der Waals surface area contributed by atoms with Crippen molar-refractivity contribution in [3.05, 3.63) is 0 Å². The van der Waals surface area contributed by atoms with Crippen LogP contribution in [0, 0.1) is 11.8 Å². The molecule has 1 saturated carbocycles. The summed E-state index contributed by atoms with van der Waals surface area (Å²) < 4.78 is 0. The highest BCUT2D eigenvalue weighted by molar-refractivity contribution is 6.08. The molecule has 0 radical (unpaired) electrons. The molecule has 0 aromatic carbocycles. The lowest BCUT2D eigenvalue weighted by Crippen LogP contribution is -2.37. The van der Waals surface area contributed by atoms with Crippen LogP contribution in [0.1, 0.15) is 52.9 Å². The van der Waals surface area contributed by atoms with Crippen molar-refractivity contribution in [3.8, 4) is 0 Å². The van der Waals surface area contributed by atoms with Crippen LogP contribution in [0.25, 0.3) is 0 Å². The molecular formula is C13H22N2O. The molecule has 3 heteroatoms. The van der Waals surface area contributed by atoms with Crippen LogP contribution >= 0.6 is 0 Å². The van der Waals surface area contributed by atoms with Gasteiger partial charge >= 0.3 is 0 Å². The Kier molecular flexibility index (Phi) is 3.04. The molecule has 1 aliphatic heterocycles. The number of carbonyl (C=O) groups is 1. The zero-order valence-electron chi connectivity index (χ0n) is 10.5. The lowest BCUT2D eigenvalue weighted by atomic mass is 9.80. The molecule has 1 fully saturated rings. The molecule has 0 bridgehead atoms. The predicted molar refractivity (Wildman–Crippen MR) is 65.4 cm³/mol. The lowest BCUT2D eigenvalue weighted by Gasteiger charge is -2.27. The lowest BCUT2D eigenvalue weighted by molar-refractivity contribution is -0.122. The topological polar surface area (TPSA) is 41.5 Å². The zero-order valence-corrected chi connectivity index (χ0v) is 10.5. The fraction of sp³-hybridized carbons (Fsp3) is 0.846. The number of nitrogens with zero attached hydrogens (tertiary/aromatic N) is 1. The molecule has 0 saturated heterocycles. The highest BCUT2D eigenvalue weighted by Gasteiger charge is 2.37. The largest absolute Gasteiger partial charge is 0.312 e. The highest BCUT2D eigenvalue weighted by Crippen LogP contribution is 2.32. The first-order chi connectivity index (χ1) is 7.53. The standard InChI is InChI=1S/C13H22N2O/c1-4-9-5-7-10(8-6-9)11-14-12(16)13(2,3)15-11/h9-10H,4-8H2,1-3H3,(H,14,15,16). The second-order valence-corrected chi connectivity index (χ2v) is 5.64. The van der Waals surface area contributed by atoms with Gasteiger partial charge in [-0.2, -0.15) is 0 Å². The Balaban J connectivity index is 1.98. The number of amidine groups is 1. The van der Waals surface area contributed by atoms with Gasteiger partial charge in [-0.15, -0.1) is 0 Å². The van der Waals surface area contributed by atoms with E-state index in [2.05, 4.69) is 17.2 Å². The monoisotopic (exact) mass is 222 g/mol. The molecule has 1 N–H and O–H groups in total. The number of hydrogen-bond donors (Lipinski definition) is 1. The summed E-state index contributed by atoms with van der Waals surface area (Å²) in [6.45, 7) is 6.03. The second-order valence-electron chi connectivity index (χ2n) is 5.64. The molecule has 1 amide bonds. The number of nitrogens with one attached hydrogen (secondary N) is 1. The summed E-state index contributed by atoms with van der Waals surface area (Å²) in [4.78, 5) is 16.2. The van der Waals surface area contributed by atoms with Crippen LogP contribution in [-0.4, -0.2) is 17.3 Å². The minimum absolute atomic E-state index is 0.0557. The predicted octanol–water partition coefficient (Wildman–Crippen LogP) is 2.51. The van der Waals surface area contributed by atoms with Gasteiger partial charge in [-0.1, -0.05) is 13.3 Å². The number of carbonyl (C=O) groups excluding carboxylic acids is 1. The van der Waals surface area contributed by atoms with E-state index >= 15 is 0 Å². The van der Waals surface area contributed by atoms with Gasteiger partial charge in [0.2, 0.25) is 0 Å². The summed E-state index contributed by atoms with van der Waals surface area (Å²) in [5.74, 6) is 2.39. The first kappa shape index (κ1) is 11.6. The van der Waals surface area contributed by atoms with Gasteiger partial charge in [0.25, 0.3) is 5.91 Å². The third kappa shape index (κ3) is 2.13. The number of amides is 1. The number of hydrogen-bond acceptors (Lipinski definition) is 2. The Morgan fingerprint density at radius 1 is 1.31 bits per heavy atom. The van der Waals surface area contributed by atoms with Crippen LogP contribution in [0.3, 0.4) is 0 Å². The van der Waals surface area contributed by atoms with E-state index in [9.17, 15) is 4.79 Å². The van der Waals surface area contributed by atoms with E-state index in [-0.39, 0.29) is 5.91 Å². The third-order valence-electron chi connectivity index (χ3n) is 4.01. The Morgan fingerprint density at radius 3 is 2.38 bits per heavy atom. The van der Waals surface area contributed by atoms with Crippen molar-refractivity contribution in [1.29, 1.82) is 0 Å². The maximum absolute atomic E-state index is 11.6. The van der Waals surface area contributed by atoms with Gasteiger partial charge in [0, 0.05) is 5.92 Å². The van der Waals surface area contributed by atoms with Gasteiger partial charge in [-0.25, -0.2) is 0 Å². The van der Waals surface area contributed by atoms with E-state index in [1.807, 2.05) is 13.8 Å². The van der Waals surface area contributed by atoms with Crippen molar-refractivity contribution < 1.29 is 4.79 Å². The Bertz CT molecular complexity index is 312. The molecule has 90 valence electrons. The van der Waals surface area contributed by atoms with Crippen molar-refractivity contribution in [2.24, 2.45) is 16.8 Å². The highest BCUT2D eigenvalue weighted by atomic mass is 16.2. The van der Waals surface area contributed by atoms with Crippen molar-refractivity contribution in [1.82, 2.24) is 5.32 Å². The number of rotatable bonds is 2. The van der Waals surface area contributed by atoms with Gasteiger partial charge in [0.15, 0.2) is 0 Å². The smallest absolute Gasteiger partial charge is 0.252 e. The Morgan fingerprint density at radius 2 is 1.94 bits per heavy atom. The third-order valence-corrected chi connectivity index (χ3v) is 4.01. The van der Waals surface area contributed by atoms with Crippen LogP contribution in [-0.2, 0) is 4.79 Å². The zero-order chi connectivity index (χ0) is 11.8. The van der Waals surface area contributed by atoms with Crippen LogP contribution in [0.4, 0.5) is 0 Å². The Labute approximate surface area is 97.7 Å². The molecule has 2 aliphatic rings. The van der Waals surface area contributed by atoms with E-state index < -0.39 is 5.54 Å². The van der Waals surface area contributed by atoms with Crippen LogP contribution in [0.2, 0.25) is 0 Å². The van der Waals surface area contributed by atoms with E-state index in [0.717, 1.165) is 11.8 Å². The Hall–Kier alpha value is -0.860. The quantitative estimate of drug-likeness (QED) is 0.766. The fourth-order valence-corrected chi connectivity index (χ4v) is 2.69. The van der Waals surface area contributed by atoms with Gasteiger partial charge < -0.3 is 5.32 Å². The molecule has 0 atom stereocenters. The first-order valence-electron chi connectivity index (χ1n) is 6.44. The van der Waals surface area contributed by atoms with Crippen molar-refractivity contribution >= 4 is 11.7 Å². The molecule has 0 aromatic heterocycles. The normalized spacial score (nSPS) is 33.4. The van der Waals surface area contributed by atoms with Crippen LogP contribution < -0.4 is 5.32 Å². The van der Waals surface area contributed by atoms with Gasteiger partial charge in [-0.05, 0) is 45.4 Å². The SMILES string of the molecule is CCC1CCC(C2=NC(C)(C)C(=O)N2)CC1. The van der Waals surface area contributed by atoms with E-state index in [4.69, 9.17) is 0 Å². The molecule has 2 rings (SSSR count). The summed E-state index contributed by atoms with van der Waals surface area (Å²) >= 11 is 0. The first-order valence-corrected chi connectivity index (χ1v) is 6.44. The summed E-state index contributed by atoms with van der Waals surface area (Å²) in [5.41, 5.74) is -0.545. The van der Waals surface area contributed by atoms with Crippen molar-refractivity contribution in [2.75, 3.05) is 0 Å². The van der Waals surface area contributed by atoms with Gasteiger partial charge in [-0.3, -0.25) is 9.79 Å². The average molecular weight is 222 g/mol. The van der Waals surface area contributed by atoms with Crippen LogP contribution in [0.5, 0.6) is 0 Å². The van der Waals surface area contributed by atoms with E-state index in [0.29, 0.717) is 5.92 Å².